The summed E-state index contributed by atoms with van der Waals surface area (Å²) in [5.74, 6) is 0.0221. The van der Waals surface area contributed by atoms with Gasteiger partial charge in [0.15, 0.2) is 6.61 Å². The number of ether oxygens (including phenoxy) is 1. The highest BCUT2D eigenvalue weighted by Crippen LogP contribution is 2.28. The van der Waals surface area contributed by atoms with Crippen LogP contribution in [-0.2, 0) is 22.6 Å². The third kappa shape index (κ3) is 7.62. The summed E-state index contributed by atoms with van der Waals surface area (Å²) < 4.78 is 6.59. The average Bonchev–Trinajstić information content (AvgIpc) is 2.79. The lowest BCUT2D eigenvalue weighted by Gasteiger charge is -2.32. The smallest absolute Gasteiger partial charge is 0.261 e. The van der Waals surface area contributed by atoms with Gasteiger partial charge in [0.1, 0.15) is 11.8 Å². The Morgan fingerprint density at radius 3 is 2.30 bits per heavy atom. The van der Waals surface area contributed by atoms with Crippen molar-refractivity contribution in [3.05, 3.63) is 62.0 Å². The van der Waals surface area contributed by atoms with Crippen LogP contribution in [0.1, 0.15) is 51.7 Å². The van der Waals surface area contributed by atoms with Crippen molar-refractivity contribution >= 4 is 50.9 Å². The Morgan fingerprint density at radius 1 is 1.09 bits per heavy atom. The normalized spacial score (nSPS) is 12.7. The summed E-state index contributed by atoms with van der Waals surface area (Å²) >= 11 is 16.2. The fraction of sp³-hybridized carbons (Fsp3) is 0.440. The first kappa shape index (κ1) is 27.5. The van der Waals surface area contributed by atoms with Crippen molar-refractivity contribution in [2.24, 2.45) is 0 Å². The third-order valence-corrected chi connectivity index (χ3v) is 6.86. The van der Waals surface area contributed by atoms with E-state index < -0.39 is 6.04 Å². The van der Waals surface area contributed by atoms with Crippen molar-refractivity contribution < 1.29 is 14.3 Å². The van der Waals surface area contributed by atoms with E-state index in [1.165, 1.54) is 4.90 Å². The van der Waals surface area contributed by atoms with Gasteiger partial charge >= 0.3 is 0 Å². The first-order valence-electron chi connectivity index (χ1n) is 11.2. The van der Waals surface area contributed by atoms with Gasteiger partial charge in [0.2, 0.25) is 5.91 Å². The number of hydrogen-bond donors (Lipinski definition) is 1. The van der Waals surface area contributed by atoms with Crippen LogP contribution in [0.5, 0.6) is 5.75 Å². The molecule has 1 N–H and O–H groups in total. The number of halogens is 3. The summed E-state index contributed by atoms with van der Waals surface area (Å²) in [5, 5.41) is 3.86. The summed E-state index contributed by atoms with van der Waals surface area (Å²) in [6.07, 6.45) is 2.12. The van der Waals surface area contributed by atoms with Crippen LogP contribution < -0.4 is 10.1 Å². The van der Waals surface area contributed by atoms with Gasteiger partial charge in [-0.2, -0.15) is 0 Å². The molecule has 0 heterocycles. The lowest BCUT2D eigenvalue weighted by Crippen LogP contribution is -2.51. The number of carbonyl (C=O) groups is 2. The maximum atomic E-state index is 13.4. The molecule has 0 saturated heterocycles. The van der Waals surface area contributed by atoms with Crippen molar-refractivity contribution in [3.63, 3.8) is 0 Å². The zero-order valence-electron chi connectivity index (χ0n) is 19.5. The Kier molecular flexibility index (Phi) is 11.0. The van der Waals surface area contributed by atoms with Crippen LogP contribution in [0.15, 0.2) is 40.9 Å². The zero-order chi connectivity index (χ0) is 24.5. The molecular formula is C25H31BrCl2N2O3. The highest BCUT2D eigenvalue weighted by Gasteiger charge is 2.30. The molecule has 5 nitrogen and oxygen atoms in total. The molecule has 0 aliphatic rings. The maximum Gasteiger partial charge on any atom is 0.261 e. The van der Waals surface area contributed by atoms with E-state index in [4.69, 9.17) is 27.9 Å². The molecule has 0 aliphatic heterocycles. The van der Waals surface area contributed by atoms with Crippen LogP contribution in [0.2, 0.25) is 10.0 Å². The summed E-state index contributed by atoms with van der Waals surface area (Å²) in [7, 11) is 0. The van der Waals surface area contributed by atoms with Crippen LogP contribution in [0.4, 0.5) is 0 Å². The van der Waals surface area contributed by atoms with Gasteiger partial charge in [-0.05, 0) is 71.9 Å². The molecule has 0 spiro atoms. The van der Waals surface area contributed by atoms with Crippen molar-refractivity contribution in [3.8, 4) is 5.75 Å². The van der Waals surface area contributed by atoms with Gasteiger partial charge in [0.25, 0.3) is 5.91 Å². The quantitative estimate of drug-likeness (QED) is 0.347. The molecule has 0 aromatic heterocycles. The molecule has 0 radical (unpaired) electrons. The number of nitrogens with one attached hydrogen (secondary N) is 1. The largest absolute Gasteiger partial charge is 0.483 e. The van der Waals surface area contributed by atoms with E-state index in [0.29, 0.717) is 27.8 Å². The standard InChI is InChI=1S/C25H31BrCl2N2O3/c1-5-16(4)29-25(32)22(7-3)30(14-18-20(27)9-8-10-21(18)28)24(31)15-33-23-12-11-17(6-2)13-19(23)26/h8-13,16,22H,5-7,14-15H2,1-4H3,(H,29,32)/t16-,22-/m0/s1. The van der Waals surface area contributed by atoms with Gasteiger partial charge in [0, 0.05) is 28.2 Å². The zero-order valence-corrected chi connectivity index (χ0v) is 22.6. The lowest BCUT2D eigenvalue weighted by atomic mass is 10.1. The highest BCUT2D eigenvalue weighted by atomic mass is 79.9. The Morgan fingerprint density at radius 2 is 1.76 bits per heavy atom. The predicted octanol–water partition coefficient (Wildman–Crippen LogP) is 6.42. The fourth-order valence-electron chi connectivity index (χ4n) is 3.32. The van der Waals surface area contributed by atoms with Crippen LogP contribution in [0.3, 0.4) is 0 Å². The van der Waals surface area contributed by atoms with Crippen molar-refractivity contribution in [2.75, 3.05) is 6.61 Å². The topological polar surface area (TPSA) is 58.6 Å². The van der Waals surface area contributed by atoms with Crippen molar-refractivity contribution in [1.29, 1.82) is 0 Å². The maximum absolute atomic E-state index is 13.4. The molecule has 2 aromatic rings. The molecule has 2 atom stereocenters. The van der Waals surface area contributed by atoms with E-state index in [2.05, 4.69) is 28.2 Å². The average molecular weight is 558 g/mol. The van der Waals surface area contributed by atoms with E-state index in [1.54, 1.807) is 18.2 Å². The molecule has 0 aliphatic carbocycles. The predicted molar refractivity (Wildman–Crippen MR) is 138 cm³/mol. The first-order valence-corrected chi connectivity index (χ1v) is 12.7. The summed E-state index contributed by atoms with van der Waals surface area (Å²) in [6, 6.07) is 10.2. The minimum absolute atomic E-state index is 0.00307. The highest BCUT2D eigenvalue weighted by molar-refractivity contribution is 9.10. The molecule has 0 fully saturated rings. The SMILES string of the molecule is CCc1ccc(OCC(=O)N(Cc2c(Cl)cccc2Cl)[C@@H](CC)C(=O)N[C@@H](C)CC)c(Br)c1. The van der Waals surface area contributed by atoms with E-state index in [0.717, 1.165) is 22.9 Å². The number of rotatable bonds is 11. The number of amides is 2. The van der Waals surface area contributed by atoms with Crippen molar-refractivity contribution in [1.82, 2.24) is 10.2 Å². The van der Waals surface area contributed by atoms with E-state index in [9.17, 15) is 9.59 Å². The molecular weight excluding hydrogens is 527 g/mol. The molecule has 2 amide bonds. The van der Waals surface area contributed by atoms with E-state index in [-0.39, 0.29) is 31.0 Å². The Balaban J connectivity index is 2.30. The minimum atomic E-state index is -0.687. The monoisotopic (exact) mass is 556 g/mol. The van der Waals surface area contributed by atoms with Gasteiger partial charge < -0.3 is 15.0 Å². The summed E-state index contributed by atoms with van der Waals surface area (Å²) in [4.78, 5) is 27.9. The number of hydrogen-bond acceptors (Lipinski definition) is 3. The van der Waals surface area contributed by atoms with E-state index in [1.807, 2.05) is 39.0 Å². The first-order chi connectivity index (χ1) is 15.7. The van der Waals surface area contributed by atoms with Crippen LogP contribution in [-0.4, -0.2) is 35.4 Å². The third-order valence-electron chi connectivity index (χ3n) is 5.53. The fourth-order valence-corrected chi connectivity index (χ4v) is 4.38. The number of benzene rings is 2. The minimum Gasteiger partial charge on any atom is -0.483 e. The van der Waals surface area contributed by atoms with Crippen LogP contribution in [0, 0.1) is 0 Å². The Hall–Kier alpha value is -1.76. The Bertz CT molecular complexity index is 950. The molecule has 33 heavy (non-hydrogen) atoms. The molecule has 0 saturated carbocycles. The lowest BCUT2D eigenvalue weighted by molar-refractivity contribution is -0.143. The number of aryl methyl sites for hydroxylation is 1. The van der Waals surface area contributed by atoms with Gasteiger partial charge in [0.05, 0.1) is 4.47 Å². The second-order valence-electron chi connectivity index (χ2n) is 7.87. The second-order valence-corrected chi connectivity index (χ2v) is 9.54. The van der Waals surface area contributed by atoms with Crippen LogP contribution in [0.25, 0.3) is 0 Å². The second kappa shape index (κ2) is 13.2. The van der Waals surface area contributed by atoms with Crippen molar-refractivity contribution in [2.45, 2.75) is 65.6 Å². The number of carbonyl (C=O) groups excluding carboxylic acids is 2. The van der Waals surface area contributed by atoms with Crippen LogP contribution >= 0.6 is 39.1 Å². The molecule has 8 heteroatoms. The van der Waals surface area contributed by atoms with Gasteiger partial charge in [-0.3, -0.25) is 9.59 Å². The van der Waals surface area contributed by atoms with Gasteiger partial charge in [-0.1, -0.05) is 56.1 Å². The molecule has 0 unspecified atom stereocenters. The summed E-state index contributed by atoms with van der Waals surface area (Å²) in [5.41, 5.74) is 1.75. The Labute approximate surface area is 214 Å². The molecule has 2 rings (SSSR count). The van der Waals surface area contributed by atoms with Gasteiger partial charge in [-0.25, -0.2) is 0 Å². The molecule has 180 valence electrons. The summed E-state index contributed by atoms with van der Waals surface area (Å²) in [6.45, 7) is 7.74. The van der Waals surface area contributed by atoms with E-state index >= 15 is 0 Å². The number of nitrogens with zero attached hydrogens (tertiary/aromatic N) is 1. The van der Waals surface area contributed by atoms with Gasteiger partial charge in [-0.15, -0.1) is 0 Å². The molecule has 2 aromatic carbocycles. The molecule has 0 bridgehead atoms.